The lowest BCUT2D eigenvalue weighted by Crippen LogP contribution is -1.94. The molecule has 0 unspecified atom stereocenters. The molecule has 1 N–H and O–H groups in total. The van der Waals surface area contributed by atoms with Gasteiger partial charge < -0.3 is 5.11 Å². The molecular weight excluding hydrogens is 214 g/mol. The van der Waals surface area contributed by atoms with E-state index in [0.29, 0.717) is 5.56 Å². The fourth-order valence-electron chi connectivity index (χ4n) is 1.29. The van der Waals surface area contributed by atoms with Crippen molar-refractivity contribution in [1.82, 2.24) is 9.97 Å². The SMILES string of the molecule is OCc1ccc(F)c(-c2ncc(F)cn2)c1. The number of nitrogens with zero attached hydrogens (tertiary/aromatic N) is 2. The van der Waals surface area contributed by atoms with Crippen molar-refractivity contribution in [3.05, 3.63) is 47.8 Å². The molecule has 2 aromatic rings. The van der Waals surface area contributed by atoms with Crippen molar-refractivity contribution >= 4 is 0 Å². The van der Waals surface area contributed by atoms with Gasteiger partial charge in [-0.25, -0.2) is 18.7 Å². The van der Waals surface area contributed by atoms with Gasteiger partial charge in [-0.2, -0.15) is 0 Å². The maximum Gasteiger partial charge on any atom is 0.162 e. The molecule has 3 nitrogen and oxygen atoms in total. The Labute approximate surface area is 90.4 Å². The molecule has 0 saturated carbocycles. The maximum absolute atomic E-state index is 13.4. The molecular formula is C11H8F2N2O. The summed E-state index contributed by atoms with van der Waals surface area (Å²) in [5.41, 5.74) is 0.691. The minimum atomic E-state index is -0.581. The van der Waals surface area contributed by atoms with Crippen molar-refractivity contribution in [3.63, 3.8) is 0 Å². The van der Waals surface area contributed by atoms with Crippen LogP contribution in [0.25, 0.3) is 11.4 Å². The summed E-state index contributed by atoms with van der Waals surface area (Å²) in [5.74, 6) is -1.000. The first kappa shape index (κ1) is 10.6. The van der Waals surface area contributed by atoms with Crippen molar-refractivity contribution < 1.29 is 13.9 Å². The largest absolute Gasteiger partial charge is 0.392 e. The number of aliphatic hydroxyl groups excluding tert-OH is 1. The first-order valence-corrected chi connectivity index (χ1v) is 4.58. The summed E-state index contributed by atoms with van der Waals surface area (Å²) in [4.78, 5) is 7.35. The van der Waals surface area contributed by atoms with Crippen LogP contribution in [-0.4, -0.2) is 15.1 Å². The molecule has 0 aliphatic carbocycles. The highest BCUT2D eigenvalue weighted by atomic mass is 19.1. The second-order valence-electron chi connectivity index (χ2n) is 3.20. The van der Waals surface area contributed by atoms with Gasteiger partial charge in [0.15, 0.2) is 11.6 Å². The van der Waals surface area contributed by atoms with E-state index in [4.69, 9.17) is 5.11 Å². The molecule has 0 aliphatic rings. The molecule has 0 atom stereocenters. The number of aromatic nitrogens is 2. The molecule has 0 radical (unpaired) electrons. The van der Waals surface area contributed by atoms with Crippen LogP contribution in [0, 0.1) is 11.6 Å². The normalized spacial score (nSPS) is 10.4. The Balaban J connectivity index is 2.50. The van der Waals surface area contributed by atoms with E-state index in [2.05, 4.69) is 9.97 Å². The highest BCUT2D eigenvalue weighted by Crippen LogP contribution is 2.20. The lowest BCUT2D eigenvalue weighted by atomic mass is 10.1. The number of rotatable bonds is 2. The van der Waals surface area contributed by atoms with Crippen LogP contribution in [0.3, 0.4) is 0 Å². The molecule has 1 heterocycles. The third-order valence-corrected chi connectivity index (χ3v) is 2.07. The van der Waals surface area contributed by atoms with Gasteiger partial charge in [0.25, 0.3) is 0 Å². The van der Waals surface area contributed by atoms with E-state index in [-0.39, 0.29) is 18.0 Å². The summed E-state index contributed by atoms with van der Waals surface area (Å²) < 4.78 is 26.0. The molecule has 1 aromatic heterocycles. The van der Waals surface area contributed by atoms with Crippen LogP contribution in [0.1, 0.15) is 5.56 Å². The van der Waals surface area contributed by atoms with E-state index in [0.717, 1.165) is 12.4 Å². The van der Waals surface area contributed by atoms with Gasteiger partial charge in [0.05, 0.1) is 24.6 Å². The fraction of sp³-hybridized carbons (Fsp3) is 0.0909. The van der Waals surface area contributed by atoms with Gasteiger partial charge >= 0.3 is 0 Å². The maximum atomic E-state index is 13.4. The van der Waals surface area contributed by atoms with Crippen LogP contribution in [0.2, 0.25) is 0 Å². The summed E-state index contributed by atoms with van der Waals surface area (Å²) in [6.45, 7) is -0.200. The van der Waals surface area contributed by atoms with Crippen LogP contribution in [0.15, 0.2) is 30.6 Å². The average Bonchev–Trinajstić information content (AvgIpc) is 2.31. The molecule has 2 rings (SSSR count). The zero-order valence-electron chi connectivity index (χ0n) is 8.19. The molecule has 0 aliphatic heterocycles. The molecule has 0 saturated heterocycles. The predicted molar refractivity (Wildman–Crippen MR) is 53.3 cm³/mol. The van der Waals surface area contributed by atoms with Crippen molar-refractivity contribution in [2.75, 3.05) is 0 Å². The molecule has 0 bridgehead atoms. The monoisotopic (exact) mass is 222 g/mol. The van der Waals surface area contributed by atoms with Gasteiger partial charge in [0.2, 0.25) is 0 Å². The first-order chi connectivity index (χ1) is 7.70. The standard InChI is InChI=1S/C11H8F2N2O/c12-8-4-14-11(15-5-8)9-3-7(6-16)1-2-10(9)13/h1-5,16H,6H2. The smallest absolute Gasteiger partial charge is 0.162 e. The molecule has 82 valence electrons. The second-order valence-corrected chi connectivity index (χ2v) is 3.20. The predicted octanol–water partition coefficient (Wildman–Crippen LogP) is 1.91. The number of halogens is 2. The quantitative estimate of drug-likeness (QED) is 0.844. The van der Waals surface area contributed by atoms with E-state index in [1.165, 1.54) is 18.2 Å². The van der Waals surface area contributed by atoms with E-state index >= 15 is 0 Å². The van der Waals surface area contributed by atoms with E-state index in [1.807, 2.05) is 0 Å². The topological polar surface area (TPSA) is 46.0 Å². The summed E-state index contributed by atoms with van der Waals surface area (Å²) in [5, 5.41) is 8.92. The average molecular weight is 222 g/mol. The fourth-order valence-corrected chi connectivity index (χ4v) is 1.29. The first-order valence-electron chi connectivity index (χ1n) is 4.58. The molecule has 0 fully saturated rings. The van der Waals surface area contributed by atoms with Gasteiger partial charge in [0.1, 0.15) is 5.82 Å². The molecule has 5 heteroatoms. The minimum absolute atomic E-state index is 0.0919. The Morgan fingerprint density at radius 2 is 1.81 bits per heavy atom. The Morgan fingerprint density at radius 3 is 2.44 bits per heavy atom. The number of hydrogen-bond donors (Lipinski definition) is 1. The van der Waals surface area contributed by atoms with E-state index in [1.54, 1.807) is 0 Å². The summed E-state index contributed by atoms with van der Waals surface area (Å²) in [7, 11) is 0. The lowest BCUT2D eigenvalue weighted by Gasteiger charge is -2.03. The third kappa shape index (κ3) is 2.04. The third-order valence-electron chi connectivity index (χ3n) is 2.07. The van der Waals surface area contributed by atoms with Gasteiger partial charge in [-0.1, -0.05) is 6.07 Å². The molecule has 0 amide bonds. The highest BCUT2D eigenvalue weighted by molar-refractivity contribution is 5.56. The van der Waals surface area contributed by atoms with Crippen molar-refractivity contribution in [1.29, 1.82) is 0 Å². The summed E-state index contributed by atoms with van der Waals surface area (Å²) >= 11 is 0. The number of aliphatic hydroxyl groups is 1. The highest BCUT2D eigenvalue weighted by Gasteiger charge is 2.08. The minimum Gasteiger partial charge on any atom is -0.392 e. The Morgan fingerprint density at radius 1 is 1.12 bits per heavy atom. The van der Waals surface area contributed by atoms with Gasteiger partial charge in [-0.05, 0) is 17.7 Å². The lowest BCUT2D eigenvalue weighted by molar-refractivity contribution is 0.282. The zero-order valence-corrected chi connectivity index (χ0v) is 8.19. The Kier molecular flexibility index (Phi) is 2.87. The molecule has 1 aromatic carbocycles. The van der Waals surface area contributed by atoms with Crippen LogP contribution in [0.5, 0.6) is 0 Å². The van der Waals surface area contributed by atoms with Crippen LogP contribution in [-0.2, 0) is 6.61 Å². The van der Waals surface area contributed by atoms with Gasteiger partial charge in [0, 0.05) is 0 Å². The summed E-state index contributed by atoms with van der Waals surface area (Å²) in [6, 6.07) is 4.11. The van der Waals surface area contributed by atoms with E-state index < -0.39 is 11.6 Å². The Hall–Kier alpha value is -1.88. The summed E-state index contributed by atoms with van der Waals surface area (Å²) in [6.07, 6.45) is 1.93. The molecule has 16 heavy (non-hydrogen) atoms. The van der Waals surface area contributed by atoms with Crippen LogP contribution < -0.4 is 0 Å². The van der Waals surface area contributed by atoms with Crippen molar-refractivity contribution in [3.8, 4) is 11.4 Å². The van der Waals surface area contributed by atoms with Crippen LogP contribution in [0.4, 0.5) is 8.78 Å². The van der Waals surface area contributed by atoms with Crippen molar-refractivity contribution in [2.24, 2.45) is 0 Å². The van der Waals surface area contributed by atoms with Crippen LogP contribution >= 0.6 is 0 Å². The second kappa shape index (κ2) is 4.32. The Bertz CT molecular complexity index is 500. The van der Waals surface area contributed by atoms with Gasteiger partial charge in [-0.3, -0.25) is 0 Å². The number of hydrogen-bond acceptors (Lipinski definition) is 3. The van der Waals surface area contributed by atoms with Gasteiger partial charge in [-0.15, -0.1) is 0 Å². The van der Waals surface area contributed by atoms with E-state index in [9.17, 15) is 8.78 Å². The number of benzene rings is 1. The van der Waals surface area contributed by atoms with Crippen molar-refractivity contribution in [2.45, 2.75) is 6.61 Å². The molecule has 0 spiro atoms. The zero-order chi connectivity index (χ0) is 11.5.